The number of carboxylic acid groups (broad SMARTS) is 1. The van der Waals surface area contributed by atoms with Crippen molar-refractivity contribution in [3.8, 4) is 0 Å². The molecule has 114 valence electrons. The first-order valence-corrected chi connectivity index (χ1v) is 7.46. The van der Waals surface area contributed by atoms with Gasteiger partial charge in [-0.25, -0.2) is 9.18 Å². The van der Waals surface area contributed by atoms with Crippen molar-refractivity contribution >= 4 is 45.2 Å². The zero-order chi connectivity index (χ0) is 15.6. The number of anilines is 1. The van der Waals surface area contributed by atoms with E-state index in [0.717, 1.165) is 6.07 Å². The molecule has 0 saturated carbocycles. The van der Waals surface area contributed by atoms with E-state index in [-0.39, 0.29) is 23.4 Å². The van der Waals surface area contributed by atoms with Crippen LogP contribution in [-0.4, -0.2) is 35.1 Å². The Bertz CT molecular complexity index is 562. The molecule has 2 N–H and O–H groups in total. The highest BCUT2D eigenvalue weighted by atomic mass is 79.9. The van der Waals surface area contributed by atoms with E-state index < -0.39 is 11.8 Å². The fourth-order valence-electron chi connectivity index (χ4n) is 2.28. The van der Waals surface area contributed by atoms with Gasteiger partial charge in [0.05, 0.1) is 10.7 Å². The fraction of sp³-hybridized carbons (Fsp3) is 0.385. The van der Waals surface area contributed by atoms with Crippen molar-refractivity contribution < 1.29 is 19.1 Å². The van der Waals surface area contributed by atoms with Gasteiger partial charge in [0, 0.05) is 24.0 Å². The van der Waals surface area contributed by atoms with Crippen LogP contribution in [0.25, 0.3) is 0 Å². The van der Waals surface area contributed by atoms with Crippen LogP contribution in [-0.2, 0) is 4.79 Å². The SMILES string of the molecule is O=C(O)CC1CCN(C(=O)Nc2c(Cl)cc(F)cc2Br)C1. The number of hydrogen-bond donors (Lipinski definition) is 2. The zero-order valence-corrected chi connectivity index (χ0v) is 13.2. The average Bonchev–Trinajstić information content (AvgIpc) is 2.81. The second-order valence-electron chi connectivity index (χ2n) is 4.87. The summed E-state index contributed by atoms with van der Waals surface area (Å²) in [5.41, 5.74) is 0.296. The van der Waals surface area contributed by atoms with E-state index in [9.17, 15) is 14.0 Å². The van der Waals surface area contributed by atoms with Crippen LogP contribution in [0.2, 0.25) is 5.02 Å². The van der Waals surface area contributed by atoms with Gasteiger partial charge in [0.2, 0.25) is 0 Å². The summed E-state index contributed by atoms with van der Waals surface area (Å²) in [6.07, 6.45) is 0.697. The Labute approximate surface area is 134 Å². The highest BCUT2D eigenvalue weighted by Gasteiger charge is 2.28. The minimum absolute atomic E-state index is 0.0413. The molecule has 1 heterocycles. The maximum absolute atomic E-state index is 13.1. The molecule has 8 heteroatoms. The minimum Gasteiger partial charge on any atom is -0.481 e. The molecule has 21 heavy (non-hydrogen) atoms. The number of nitrogens with zero attached hydrogens (tertiary/aromatic N) is 1. The first kappa shape index (κ1) is 16.0. The Hall–Kier alpha value is -1.34. The number of nitrogens with one attached hydrogen (secondary N) is 1. The molecule has 1 aliphatic heterocycles. The first-order valence-electron chi connectivity index (χ1n) is 6.29. The molecule has 0 aliphatic carbocycles. The molecular formula is C13H13BrClFN2O3. The summed E-state index contributed by atoms with van der Waals surface area (Å²) in [4.78, 5) is 24.3. The molecule has 1 atom stereocenters. The molecule has 0 bridgehead atoms. The Kier molecular flexibility index (Phi) is 5.05. The summed E-state index contributed by atoms with van der Waals surface area (Å²) >= 11 is 9.05. The van der Waals surface area contributed by atoms with Crippen molar-refractivity contribution in [1.29, 1.82) is 0 Å². The Balaban J connectivity index is 2.01. The number of aliphatic carboxylic acids is 1. The molecule has 0 radical (unpaired) electrons. The minimum atomic E-state index is -0.869. The van der Waals surface area contributed by atoms with Gasteiger partial charge in [0.15, 0.2) is 0 Å². The summed E-state index contributed by atoms with van der Waals surface area (Å²) in [5.74, 6) is -1.42. The molecule has 0 spiro atoms. The van der Waals surface area contributed by atoms with Crippen molar-refractivity contribution in [3.05, 3.63) is 27.4 Å². The molecule has 1 aromatic rings. The van der Waals surface area contributed by atoms with Crippen molar-refractivity contribution in [1.82, 2.24) is 4.90 Å². The number of likely N-dealkylation sites (tertiary alicyclic amines) is 1. The molecule has 1 unspecified atom stereocenters. The molecule has 1 fully saturated rings. The van der Waals surface area contributed by atoms with Gasteiger partial charge >= 0.3 is 12.0 Å². The lowest BCUT2D eigenvalue weighted by atomic mass is 10.1. The van der Waals surface area contributed by atoms with Crippen molar-refractivity contribution in [2.24, 2.45) is 5.92 Å². The molecule has 2 amide bonds. The normalized spacial score (nSPS) is 17.9. The van der Waals surface area contributed by atoms with Gasteiger partial charge in [0.25, 0.3) is 0 Å². The van der Waals surface area contributed by atoms with Crippen LogP contribution >= 0.6 is 27.5 Å². The first-order chi connectivity index (χ1) is 9.86. The number of amides is 2. The summed E-state index contributed by atoms with van der Waals surface area (Å²) in [6.45, 7) is 0.870. The molecule has 2 rings (SSSR count). The molecular weight excluding hydrogens is 367 g/mol. The van der Waals surface area contributed by atoms with Gasteiger partial charge in [-0.15, -0.1) is 0 Å². The topological polar surface area (TPSA) is 69.6 Å². The fourth-order valence-corrected chi connectivity index (χ4v) is 3.18. The number of carboxylic acids is 1. The number of hydrogen-bond acceptors (Lipinski definition) is 2. The van der Waals surface area contributed by atoms with Crippen molar-refractivity contribution in [2.45, 2.75) is 12.8 Å². The third kappa shape index (κ3) is 4.07. The van der Waals surface area contributed by atoms with Gasteiger partial charge in [-0.1, -0.05) is 11.6 Å². The number of rotatable bonds is 3. The average molecular weight is 380 g/mol. The van der Waals surface area contributed by atoms with Crippen LogP contribution in [0, 0.1) is 11.7 Å². The predicted molar refractivity (Wildman–Crippen MR) is 80.1 cm³/mol. The summed E-state index contributed by atoms with van der Waals surface area (Å²) in [7, 11) is 0. The molecule has 0 aromatic heterocycles. The number of carbonyl (C=O) groups excluding carboxylic acids is 1. The van der Waals surface area contributed by atoms with E-state index in [1.54, 1.807) is 0 Å². The van der Waals surface area contributed by atoms with E-state index in [1.165, 1.54) is 11.0 Å². The van der Waals surface area contributed by atoms with Crippen LogP contribution in [0.1, 0.15) is 12.8 Å². The largest absolute Gasteiger partial charge is 0.481 e. The summed E-state index contributed by atoms with van der Waals surface area (Å²) in [6, 6.07) is 1.94. The summed E-state index contributed by atoms with van der Waals surface area (Å²) in [5, 5.41) is 11.5. The second kappa shape index (κ2) is 6.62. The van der Waals surface area contributed by atoms with Gasteiger partial charge in [-0.2, -0.15) is 0 Å². The van der Waals surface area contributed by atoms with Crippen molar-refractivity contribution in [3.63, 3.8) is 0 Å². The molecule has 1 aromatic carbocycles. The lowest BCUT2D eigenvalue weighted by Crippen LogP contribution is -2.33. The van der Waals surface area contributed by atoms with E-state index in [2.05, 4.69) is 21.2 Å². The van der Waals surface area contributed by atoms with Gasteiger partial charge in [-0.05, 0) is 40.4 Å². The Morgan fingerprint density at radius 3 is 2.86 bits per heavy atom. The Morgan fingerprint density at radius 2 is 2.24 bits per heavy atom. The predicted octanol–water partition coefficient (Wildman–Crippen LogP) is 3.57. The lowest BCUT2D eigenvalue weighted by molar-refractivity contribution is -0.138. The van der Waals surface area contributed by atoms with E-state index in [0.29, 0.717) is 29.7 Å². The third-order valence-electron chi connectivity index (χ3n) is 3.28. The monoisotopic (exact) mass is 378 g/mol. The lowest BCUT2D eigenvalue weighted by Gasteiger charge is -2.18. The number of carbonyl (C=O) groups is 2. The second-order valence-corrected chi connectivity index (χ2v) is 6.13. The van der Waals surface area contributed by atoms with E-state index in [4.69, 9.17) is 16.7 Å². The zero-order valence-electron chi connectivity index (χ0n) is 10.9. The smallest absolute Gasteiger partial charge is 0.321 e. The Morgan fingerprint density at radius 1 is 1.52 bits per heavy atom. The quantitative estimate of drug-likeness (QED) is 0.843. The van der Waals surface area contributed by atoms with Crippen molar-refractivity contribution in [2.75, 3.05) is 18.4 Å². The van der Waals surface area contributed by atoms with Crippen LogP contribution in [0.5, 0.6) is 0 Å². The third-order valence-corrected chi connectivity index (χ3v) is 4.20. The van der Waals surface area contributed by atoms with E-state index >= 15 is 0 Å². The highest BCUT2D eigenvalue weighted by Crippen LogP contribution is 2.32. The van der Waals surface area contributed by atoms with Gasteiger partial charge < -0.3 is 15.3 Å². The standard InChI is InChI=1S/C13H13BrClFN2O3/c14-9-4-8(16)5-10(15)12(9)17-13(21)18-2-1-7(6-18)3-11(19)20/h4-5,7H,1-3,6H2,(H,17,21)(H,19,20). The van der Waals surface area contributed by atoms with E-state index in [1.807, 2.05) is 0 Å². The van der Waals surface area contributed by atoms with Gasteiger partial charge in [0.1, 0.15) is 5.82 Å². The summed E-state index contributed by atoms with van der Waals surface area (Å²) < 4.78 is 13.5. The van der Waals surface area contributed by atoms with Crippen LogP contribution in [0.15, 0.2) is 16.6 Å². The number of benzene rings is 1. The maximum Gasteiger partial charge on any atom is 0.321 e. The highest BCUT2D eigenvalue weighted by molar-refractivity contribution is 9.10. The number of halogens is 3. The van der Waals surface area contributed by atoms with Crippen LogP contribution < -0.4 is 5.32 Å². The maximum atomic E-state index is 13.1. The number of urea groups is 1. The molecule has 5 nitrogen and oxygen atoms in total. The van der Waals surface area contributed by atoms with Crippen LogP contribution in [0.4, 0.5) is 14.9 Å². The van der Waals surface area contributed by atoms with Gasteiger partial charge in [-0.3, -0.25) is 4.79 Å². The van der Waals surface area contributed by atoms with Crippen LogP contribution in [0.3, 0.4) is 0 Å². The molecule has 1 saturated heterocycles. The molecule has 1 aliphatic rings.